The van der Waals surface area contributed by atoms with Crippen LogP contribution in [0.5, 0.6) is 0 Å². The van der Waals surface area contributed by atoms with Crippen LogP contribution in [0.4, 0.5) is 0 Å². The minimum Gasteiger partial charge on any atom is -0.309 e. The Balaban J connectivity index is 2.98. The highest BCUT2D eigenvalue weighted by Gasteiger charge is 1.95. The first-order valence-corrected chi connectivity index (χ1v) is 8.71. The van der Waals surface area contributed by atoms with E-state index in [1.807, 2.05) is 17.8 Å². The van der Waals surface area contributed by atoms with Crippen LogP contribution in [-0.4, -0.2) is 17.2 Å². The van der Waals surface area contributed by atoms with Crippen LogP contribution in [0.3, 0.4) is 0 Å². The third kappa shape index (κ3) is 13.8. The average Bonchev–Trinajstić information content (AvgIpc) is 2.39. The molecule has 0 radical (unpaired) electrons. The first-order valence-electron chi connectivity index (χ1n) is 7.56. The quantitative estimate of drug-likeness (QED) is 0.239. The second-order valence-corrected chi connectivity index (χ2v) is 6.02. The van der Waals surface area contributed by atoms with Crippen molar-refractivity contribution in [1.29, 1.82) is 5.41 Å². The summed E-state index contributed by atoms with van der Waals surface area (Å²) in [6.45, 7) is 5.81. The molecule has 0 aromatic heterocycles. The van der Waals surface area contributed by atoms with Gasteiger partial charge in [-0.2, -0.15) is 11.8 Å². The molecule has 0 fully saturated rings. The van der Waals surface area contributed by atoms with E-state index >= 15 is 0 Å². The Morgan fingerprint density at radius 2 is 1.56 bits per heavy atom. The first kappa shape index (κ1) is 17.8. The van der Waals surface area contributed by atoms with Gasteiger partial charge >= 0.3 is 0 Å². The molecule has 0 rings (SSSR count). The summed E-state index contributed by atoms with van der Waals surface area (Å²) in [4.78, 5) is 0. The maximum atomic E-state index is 7.55. The van der Waals surface area contributed by atoms with Crippen molar-refractivity contribution < 1.29 is 0 Å². The van der Waals surface area contributed by atoms with Crippen LogP contribution < -0.4 is 0 Å². The van der Waals surface area contributed by atoms with Crippen molar-refractivity contribution in [2.75, 3.05) is 11.5 Å². The number of allylic oxidation sites excluding steroid dienone is 1. The Bertz CT molecular complexity index is 201. The molecule has 0 amide bonds. The van der Waals surface area contributed by atoms with Crippen LogP contribution in [0, 0.1) is 5.41 Å². The fourth-order valence-corrected chi connectivity index (χ4v) is 2.85. The molecule has 0 aliphatic carbocycles. The molecule has 1 N–H and O–H groups in total. The molecule has 0 aromatic rings. The lowest BCUT2D eigenvalue weighted by molar-refractivity contribution is 0.579. The Labute approximate surface area is 118 Å². The molecule has 0 aliphatic heterocycles. The second kappa shape index (κ2) is 14.8. The van der Waals surface area contributed by atoms with E-state index in [-0.39, 0.29) is 0 Å². The third-order valence-electron chi connectivity index (χ3n) is 3.15. The zero-order valence-corrected chi connectivity index (χ0v) is 13.0. The van der Waals surface area contributed by atoms with E-state index in [0.29, 0.717) is 0 Å². The van der Waals surface area contributed by atoms with E-state index in [2.05, 4.69) is 13.5 Å². The SMILES string of the molecule is C=CCCCCCCCCCCSCC(=N)CC. The number of hydrogen-bond acceptors (Lipinski definition) is 2. The summed E-state index contributed by atoms with van der Waals surface area (Å²) in [6, 6.07) is 0. The van der Waals surface area contributed by atoms with Gasteiger partial charge in [0.15, 0.2) is 0 Å². The topological polar surface area (TPSA) is 23.9 Å². The lowest BCUT2D eigenvalue weighted by Gasteiger charge is -2.03. The van der Waals surface area contributed by atoms with Gasteiger partial charge in [-0.25, -0.2) is 0 Å². The molecule has 0 aliphatic rings. The minimum absolute atomic E-state index is 0.888. The molecule has 0 saturated carbocycles. The van der Waals surface area contributed by atoms with Crippen LogP contribution in [0.2, 0.25) is 0 Å². The zero-order valence-electron chi connectivity index (χ0n) is 12.2. The van der Waals surface area contributed by atoms with Crippen LogP contribution in [-0.2, 0) is 0 Å². The Hall–Kier alpha value is -0.240. The lowest BCUT2D eigenvalue weighted by Crippen LogP contribution is -1.97. The van der Waals surface area contributed by atoms with E-state index in [4.69, 9.17) is 5.41 Å². The molecule has 0 bridgehead atoms. The summed E-state index contributed by atoms with van der Waals surface area (Å²) in [7, 11) is 0. The van der Waals surface area contributed by atoms with Gasteiger partial charge in [0.1, 0.15) is 0 Å². The summed E-state index contributed by atoms with van der Waals surface area (Å²) in [6.07, 6.45) is 15.1. The van der Waals surface area contributed by atoms with Gasteiger partial charge in [0.2, 0.25) is 0 Å². The standard InChI is InChI=1S/C16H31NS/c1-3-5-6-7-8-9-10-11-12-13-14-18-15-16(17)4-2/h3,17H,1,4-15H2,2H3. The maximum Gasteiger partial charge on any atom is 0.0311 e. The van der Waals surface area contributed by atoms with Gasteiger partial charge in [-0.1, -0.05) is 51.5 Å². The van der Waals surface area contributed by atoms with Crippen LogP contribution in [0.15, 0.2) is 12.7 Å². The van der Waals surface area contributed by atoms with Crippen molar-refractivity contribution in [2.45, 2.75) is 71.1 Å². The number of hydrogen-bond donors (Lipinski definition) is 1. The third-order valence-corrected chi connectivity index (χ3v) is 4.28. The molecule has 2 heteroatoms. The lowest BCUT2D eigenvalue weighted by atomic mass is 10.1. The summed E-state index contributed by atoms with van der Waals surface area (Å²) in [5.41, 5.74) is 0.888. The fraction of sp³-hybridized carbons (Fsp3) is 0.812. The maximum absolute atomic E-state index is 7.55. The monoisotopic (exact) mass is 269 g/mol. The van der Waals surface area contributed by atoms with E-state index < -0.39 is 0 Å². The van der Waals surface area contributed by atoms with Crippen LogP contribution >= 0.6 is 11.8 Å². The highest BCUT2D eigenvalue weighted by molar-refractivity contribution is 7.99. The number of rotatable bonds is 14. The first-order chi connectivity index (χ1) is 8.81. The molecule has 18 heavy (non-hydrogen) atoms. The Kier molecular flexibility index (Phi) is 14.6. The smallest absolute Gasteiger partial charge is 0.0311 e. The molecule has 1 nitrogen and oxygen atoms in total. The number of thioether (sulfide) groups is 1. The predicted octanol–water partition coefficient (Wildman–Crippen LogP) is 5.85. The van der Waals surface area contributed by atoms with Crippen LogP contribution in [0.25, 0.3) is 0 Å². The highest BCUT2D eigenvalue weighted by Crippen LogP contribution is 2.12. The number of nitrogens with one attached hydrogen (secondary N) is 1. The van der Waals surface area contributed by atoms with Gasteiger partial charge in [0.25, 0.3) is 0 Å². The van der Waals surface area contributed by atoms with E-state index in [1.54, 1.807) is 0 Å². The molecular formula is C16H31NS. The van der Waals surface area contributed by atoms with Crippen molar-refractivity contribution in [1.82, 2.24) is 0 Å². The van der Waals surface area contributed by atoms with Gasteiger partial charge in [-0.05, 0) is 31.4 Å². The average molecular weight is 269 g/mol. The Morgan fingerprint density at radius 1 is 1.00 bits per heavy atom. The van der Waals surface area contributed by atoms with E-state index in [0.717, 1.165) is 17.9 Å². The second-order valence-electron chi connectivity index (χ2n) is 4.92. The molecular weight excluding hydrogens is 238 g/mol. The van der Waals surface area contributed by atoms with Crippen molar-refractivity contribution in [3.63, 3.8) is 0 Å². The largest absolute Gasteiger partial charge is 0.309 e. The Morgan fingerprint density at radius 3 is 2.11 bits per heavy atom. The van der Waals surface area contributed by atoms with Gasteiger partial charge in [-0.3, -0.25) is 0 Å². The molecule has 0 aromatic carbocycles. The summed E-state index contributed by atoms with van der Waals surface area (Å²) in [5, 5.41) is 7.55. The summed E-state index contributed by atoms with van der Waals surface area (Å²) >= 11 is 1.93. The zero-order chi connectivity index (χ0) is 13.5. The van der Waals surface area contributed by atoms with Crippen molar-refractivity contribution in [3.8, 4) is 0 Å². The fourth-order valence-electron chi connectivity index (χ4n) is 1.85. The van der Waals surface area contributed by atoms with Gasteiger partial charge in [0.05, 0.1) is 0 Å². The molecule has 0 atom stereocenters. The highest BCUT2D eigenvalue weighted by atomic mass is 32.2. The molecule has 0 unspecified atom stereocenters. The minimum atomic E-state index is 0.888. The summed E-state index contributed by atoms with van der Waals surface area (Å²) in [5.74, 6) is 2.18. The van der Waals surface area contributed by atoms with Crippen LogP contribution in [0.1, 0.15) is 71.1 Å². The van der Waals surface area contributed by atoms with Gasteiger partial charge in [-0.15, -0.1) is 6.58 Å². The molecule has 0 heterocycles. The van der Waals surface area contributed by atoms with Crippen molar-refractivity contribution >= 4 is 17.5 Å². The predicted molar refractivity (Wildman–Crippen MR) is 87.1 cm³/mol. The molecule has 0 spiro atoms. The van der Waals surface area contributed by atoms with E-state index in [1.165, 1.54) is 63.5 Å². The van der Waals surface area contributed by atoms with E-state index in [9.17, 15) is 0 Å². The van der Waals surface area contributed by atoms with Gasteiger partial charge < -0.3 is 5.41 Å². The molecule has 106 valence electrons. The summed E-state index contributed by atoms with van der Waals surface area (Å²) < 4.78 is 0. The molecule has 0 saturated heterocycles. The normalized spacial score (nSPS) is 10.5. The van der Waals surface area contributed by atoms with Crippen molar-refractivity contribution in [3.05, 3.63) is 12.7 Å². The van der Waals surface area contributed by atoms with Crippen molar-refractivity contribution in [2.24, 2.45) is 0 Å². The van der Waals surface area contributed by atoms with Gasteiger partial charge in [0, 0.05) is 11.5 Å². The number of unbranched alkanes of at least 4 members (excludes halogenated alkanes) is 8.